The topological polar surface area (TPSA) is 88.7 Å². The summed E-state index contributed by atoms with van der Waals surface area (Å²) in [5, 5.41) is 13.7. The fourth-order valence-corrected chi connectivity index (χ4v) is 8.01. The van der Waals surface area contributed by atoms with Crippen LogP contribution in [0.1, 0.15) is 66.2 Å². The summed E-state index contributed by atoms with van der Waals surface area (Å²) in [4.78, 5) is 20.8. The lowest BCUT2D eigenvalue weighted by molar-refractivity contribution is -0.142. The van der Waals surface area contributed by atoms with Gasteiger partial charge in [0.05, 0.1) is 11.5 Å². The Balaban J connectivity index is 1.14. The number of benzene rings is 1. The van der Waals surface area contributed by atoms with Crippen molar-refractivity contribution < 1.29 is 19.2 Å². The van der Waals surface area contributed by atoms with Crippen molar-refractivity contribution in [3.8, 4) is 27.9 Å². The molecule has 2 aromatic heterocycles. The number of carbonyl (C=O) groups is 1. The third-order valence-corrected chi connectivity index (χ3v) is 9.99. The number of hydrogen-bond acceptors (Lipinski definition) is 7. The van der Waals surface area contributed by atoms with Gasteiger partial charge in [-0.05, 0) is 105 Å². The fraction of sp³-hybridized carbons (Fsp3) is 0.552. The van der Waals surface area contributed by atoms with Crippen LogP contribution in [-0.4, -0.2) is 51.9 Å². The lowest BCUT2D eigenvalue weighted by Gasteiger charge is -2.21. The van der Waals surface area contributed by atoms with Crippen LogP contribution in [0.2, 0.25) is 0 Å². The zero-order valence-corrected chi connectivity index (χ0v) is 23.1. The summed E-state index contributed by atoms with van der Waals surface area (Å²) in [5.41, 5.74) is 6.36. The maximum absolute atomic E-state index is 11.4. The zero-order valence-electron chi connectivity index (χ0n) is 22.3. The van der Waals surface area contributed by atoms with Crippen molar-refractivity contribution >= 4 is 17.3 Å². The SMILES string of the molecule is Cc1cc(-c2noc(-c3sc(C)c4c3C[C@@H]3[C@H]4C3(C)C)n2)cc(C)c1OCCCN1CCCC1C(=O)O. The van der Waals surface area contributed by atoms with Crippen molar-refractivity contribution in [3.63, 3.8) is 0 Å². The molecule has 0 radical (unpaired) electrons. The average molecular weight is 522 g/mol. The molecule has 0 spiro atoms. The van der Waals surface area contributed by atoms with Crippen molar-refractivity contribution in [1.29, 1.82) is 0 Å². The summed E-state index contributed by atoms with van der Waals surface area (Å²) in [6.07, 6.45) is 3.59. The number of carboxylic acids is 1. The molecule has 0 amide bonds. The van der Waals surface area contributed by atoms with E-state index in [1.165, 1.54) is 16.0 Å². The molecule has 1 unspecified atom stereocenters. The highest BCUT2D eigenvalue weighted by Gasteiger charge is 2.63. The smallest absolute Gasteiger partial charge is 0.320 e. The zero-order chi connectivity index (χ0) is 26.1. The molecule has 2 aliphatic carbocycles. The normalized spacial score (nSPS) is 23.8. The lowest BCUT2D eigenvalue weighted by Crippen LogP contribution is -2.36. The molecule has 3 atom stereocenters. The van der Waals surface area contributed by atoms with Gasteiger partial charge in [0.2, 0.25) is 5.82 Å². The Morgan fingerprint density at radius 1 is 1.27 bits per heavy atom. The van der Waals surface area contributed by atoms with Gasteiger partial charge in [-0.3, -0.25) is 9.69 Å². The number of aromatic nitrogens is 2. The number of hydrogen-bond donors (Lipinski definition) is 1. The number of aryl methyl sites for hydroxylation is 3. The molecule has 1 saturated heterocycles. The van der Waals surface area contributed by atoms with Gasteiger partial charge in [0.15, 0.2) is 0 Å². The van der Waals surface area contributed by atoms with Gasteiger partial charge in [0.1, 0.15) is 11.8 Å². The maximum Gasteiger partial charge on any atom is 0.320 e. The molecule has 1 N–H and O–H groups in total. The van der Waals surface area contributed by atoms with Crippen LogP contribution >= 0.6 is 11.3 Å². The third-order valence-electron chi connectivity index (χ3n) is 8.84. The van der Waals surface area contributed by atoms with Crippen molar-refractivity contribution in [1.82, 2.24) is 15.0 Å². The number of nitrogens with zero attached hydrogens (tertiary/aromatic N) is 3. The number of likely N-dealkylation sites (tertiary alicyclic amines) is 1. The second kappa shape index (κ2) is 8.95. The molecule has 3 aliphatic rings. The molecule has 3 heterocycles. The first-order valence-electron chi connectivity index (χ1n) is 13.3. The van der Waals surface area contributed by atoms with Crippen molar-refractivity contribution in [2.75, 3.05) is 19.7 Å². The minimum absolute atomic E-state index is 0.348. The van der Waals surface area contributed by atoms with Gasteiger partial charge in [-0.2, -0.15) is 4.98 Å². The molecule has 196 valence electrons. The van der Waals surface area contributed by atoms with Gasteiger partial charge in [-0.1, -0.05) is 19.0 Å². The molecule has 1 aliphatic heterocycles. The van der Waals surface area contributed by atoms with Gasteiger partial charge in [0.25, 0.3) is 5.89 Å². The Morgan fingerprint density at radius 2 is 2.03 bits per heavy atom. The Morgan fingerprint density at radius 3 is 2.76 bits per heavy atom. The van der Waals surface area contributed by atoms with E-state index in [9.17, 15) is 9.90 Å². The van der Waals surface area contributed by atoms with E-state index in [1.807, 2.05) is 13.8 Å². The second-order valence-electron chi connectivity index (χ2n) is 11.6. The van der Waals surface area contributed by atoms with Crippen LogP contribution in [0, 0.1) is 32.1 Å². The first-order chi connectivity index (χ1) is 17.7. The summed E-state index contributed by atoms with van der Waals surface area (Å²) in [6.45, 7) is 13.2. The number of aliphatic carboxylic acids is 1. The molecule has 37 heavy (non-hydrogen) atoms. The highest BCUT2D eigenvalue weighted by Crippen LogP contribution is 2.72. The van der Waals surface area contributed by atoms with E-state index in [2.05, 4.69) is 43.0 Å². The molecule has 1 aromatic carbocycles. The molecule has 7 nitrogen and oxygen atoms in total. The van der Waals surface area contributed by atoms with Crippen LogP contribution in [0.4, 0.5) is 0 Å². The van der Waals surface area contributed by atoms with E-state index in [-0.39, 0.29) is 6.04 Å². The quantitative estimate of drug-likeness (QED) is 0.364. The Kier molecular flexibility index (Phi) is 5.95. The van der Waals surface area contributed by atoms with Gasteiger partial charge in [0, 0.05) is 17.0 Å². The summed E-state index contributed by atoms with van der Waals surface area (Å²) < 4.78 is 11.9. The standard InChI is InChI=1S/C29H35N3O4S/c1-15-12-18(13-16(2)24(15)35-11-7-10-32-9-6-8-21(32)28(33)34)26-30-27(36-31-26)25-19-14-20-23(29(20,4)5)22(19)17(3)37-25/h12-13,20-21,23H,6-11,14H2,1-5H3,(H,33,34)/t20-,21?,23-/m1/s1. The number of carboxylic acid groups (broad SMARTS) is 1. The van der Waals surface area contributed by atoms with Gasteiger partial charge in [-0.25, -0.2) is 0 Å². The highest BCUT2D eigenvalue weighted by atomic mass is 32.1. The van der Waals surface area contributed by atoms with E-state index in [4.69, 9.17) is 14.2 Å². The molecule has 3 aromatic rings. The van der Waals surface area contributed by atoms with Gasteiger partial charge >= 0.3 is 5.97 Å². The molecular formula is C29H35N3O4S. The Labute approximate surface area is 221 Å². The van der Waals surface area contributed by atoms with Crippen molar-refractivity contribution in [2.24, 2.45) is 11.3 Å². The van der Waals surface area contributed by atoms with Gasteiger partial charge < -0.3 is 14.4 Å². The number of rotatable bonds is 8. The highest BCUT2D eigenvalue weighted by molar-refractivity contribution is 7.15. The molecular weight excluding hydrogens is 486 g/mol. The van der Waals surface area contributed by atoms with Crippen molar-refractivity contribution in [2.45, 2.75) is 72.3 Å². The van der Waals surface area contributed by atoms with E-state index in [0.717, 1.165) is 72.0 Å². The van der Waals surface area contributed by atoms with E-state index in [0.29, 0.717) is 29.7 Å². The first-order valence-corrected chi connectivity index (χ1v) is 14.2. The van der Waals surface area contributed by atoms with Crippen LogP contribution in [0.3, 0.4) is 0 Å². The predicted molar refractivity (Wildman–Crippen MR) is 143 cm³/mol. The fourth-order valence-electron chi connectivity index (χ4n) is 6.86. The van der Waals surface area contributed by atoms with Gasteiger partial charge in [-0.15, -0.1) is 11.3 Å². The summed E-state index contributed by atoms with van der Waals surface area (Å²) >= 11 is 1.79. The summed E-state index contributed by atoms with van der Waals surface area (Å²) in [5.74, 6) is 2.81. The van der Waals surface area contributed by atoms with Crippen LogP contribution in [-0.2, 0) is 11.2 Å². The predicted octanol–water partition coefficient (Wildman–Crippen LogP) is 6.00. The lowest BCUT2D eigenvalue weighted by atomic mass is 9.95. The first kappa shape index (κ1) is 24.6. The minimum atomic E-state index is -0.718. The number of ether oxygens (including phenoxy) is 1. The van der Waals surface area contributed by atoms with E-state index < -0.39 is 5.97 Å². The van der Waals surface area contributed by atoms with E-state index in [1.54, 1.807) is 11.3 Å². The molecule has 1 saturated carbocycles. The van der Waals surface area contributed by atoms with Crippen LogP contribution in [0.15, 0.2) is 16.7 Å². The monoisotopic (exact) mass is 521 g/mol. The molecule has 0 bridgehead atoms. The van der Waals surface area contributed by atoms with Crippen LogP contribution in [0.25, 0.3) is 22.2 Å². The maximum atomic E-state index is 11.4. The Bertz CT molecular complexity index is 1350. The summed E-state index contributed by atoms with van der Waals surface area (Å²) in [6, 6.07) is 3.76. The molecule has 8 heteroatoms. The summed E-state index contributed by atoms with van der Waals surface area (Å²) in [7, 11) is 0. The Hall–Kier alpha value is -2.71. The van der Waals surface area contributed by atoms with Crippen LogP contribution < -0.4 is 4.74 Å². The minimum Gasteiger partial charge on any atom is -0.493 e. The van der Waals surface area contributed by atoms with Crippen molar-refractivity contribution in [3.05, 3.63) is 39.3 Å². The largest absolute Gasteiger partial charge is 0.493 e. The average Bonchev–Trinajstić information content (AvgIpc) is 3.47. The third kappa shape index (κ3) is 4.09. The second-order valence-corrected chi connectivity index (χ2v) is 12.8. The molecule has 2 fully saturated rings. The van der Waals surface area contributed by atoms with Crippen LogP contribution in [0.5, 0.6) is 5.75 Å². The molecule has 6 rings (SSSR count). The number of thiophene rings is 1. The number of fused-ring (bicyclic) bond motifs is 3. The van der Waals surface area contributed by atoms with E-state index >= 15 is 0 Å².